The number of carbonyl (C=O) groups excluding carboxylic acids is 2. The average Bonchev–Trinajstić information content (AvgIpc) is 2.93. The van der Waals surface area contributed by atoms with Crippen LogP contribution in [0.25, 0.3) is 0 Å². The fourth-order valence-electron chi connectivity index (χ4n) is 5.51. The van der Waals surface area contributed by atoms with Gasteiger partial charge in [-0.1, -0.05) is 54.9 Å². The van der Waals surface area contributed by atoms with Gasteiger partial charge in [0, 0.05) is 37.3 Å². The fourth-order valence-corrected chi connectivity index (χ4v) is 7.02. The Morgan fingerprint density at radius 3 is 2.19 bits per heavy atom. The molecule has 2 saturated carbocycles. The summed E-state index contributed by atoms with van der Waals surface area (Å²) in [5, 5.41) is 0. The fraction of sp³-hybridized carbons (Fsp3) is 0.619. The summed E-state index contributed by atoms with van der Waals surface area (Å²) in [6.07, 6.45) is 1.62. The van der Waals surface area contributed by atoms with Crippen LogP contribution in [-0.4, -0.2) is 47.6 Å². The number of alkyl halides is 1. The Balaban J connectivity index is 1.55. The highest BCUT2D eigenvalue weighted by molar-refractivity contribution is 9.10. The number of nitrogens with zero attached hydrogens (tertiary/aromatic N) is 2. The lowest BCUT2D eigenvalue weighted by molar-refractivity contribution is -0.147. The van der Waals surface area contributed by atoms with Gasteiger partial charge in [-0.3, -0.25) is 9.59 Å². The summed E-state index contributed by atoms with van der Waals surface area (Å²) < 4.78 is 0. The number of amides is 1. The molecular formula is C21H27BrN2O2. The van der Waals surface area contributed by atoms with E-state index < -0.39 is 10.8 Å². The van der Waals surface area contributed by atoms with Crippen LogP contribution in [0.15, 0.2) is 30.3 Å². The molecule has 1 aliphatic heterocycles. The van der Waals surface area contributed by atoms with E-state index in [2.05, 4.69) is 53.7 Å². The van der Waals surface area contributed by atoms with Gasteiger partial charge < -0.3 is 9.80 Å². The Bertz CT molecular complexity index is 742. The lowest BCUT2D eigenvalue weighted by atomic mass is 9.64. The van der Waals surface area contributed by atoms with Gasteiger partial charge in [0.25, 0.3) is 0 Å². The number of Topliss-reactive ketones (excluding diaryl/α,β-unsaturated/α-hetero) is 1. The van der Waals surface area contributed by atoms with Gasteiger partial charge in [0.2, 0.25) is 5.91 Å². The van der Waals surface area contributed by atoms with Crippen molar-refractivity contribution in [1.82, 2.24) is 4.90 Å². The van der Waals surface area contributed by atoms with E-state index >= 15 is 0 Å². The Labute approximate surface area is 164 Å². The van der Waals surface area contributed by atoms with Gasteiger partial charge in [-0.2, -0.15) is 0 Å². The van der Waals surface area contributed by atoms with E-state index in [0.717, 1.165) is 39.0 Å². The third-order valence-electron chi connectivity index (χ3n) is 7.79. The van der Waals surface area contributed by atoms with Crippen LogP contribution in [0.5, 0.6) is 0 Å². The molecule has 3 unspecified atom stereocenters. The Hall–Kier alpha value is -1.36. The van der Waals surface area contributed by atoms with Crippen LogP contribution in [-0.2, 0) is 9.59 Å². The van der Waals surface area contributed by atoms with Crippen LogP contribution in [0.2, 0.25) is 0 Å². The molecule has 1 amide bonds. The molecule has 3 fully saturated rings. The van der Waals surface area contributed by atoms with Crippen LogP contribution in [0.1, 0.15) is 33.6 Å². The van der Waals surface area contributed by atoms with Crippen molar-refractivity contribution >= 4 is 33.3 Å². The molecule has 0 aromatic heterocycles. The maximum Gasteiger partial charge on any atom is 0.231 e. The first kappa shape index (κ1) is 18.0. The molecule has 2 aliphatic carbocycles. The lowest BCUT2D eigenvalue weighted by Gasteiger charge is -2.45. The Morgan fingerprint density at radius 2 is 1.65 bits per heavy atom. The van der Waals surface area contributed by atoms with Crippen molar-refractivity contribution in [1.29, 1.82) is 0 Å². The molecule has 1 heterocycles. The van der Waals surface area contributed by atoms with Crippen molar-refractivity contribution in [2.75, 3.05) is 31.1 Å². The first-order valence-electron chi connectivity index (χ1n) is 9.53. The second kappa shape index (κ2) is 5.82. The molecule has 3 aliphatic rings. The van der Waals surface area contributed by atoms with E-state index in [-0.39, 0.29) is 21.9 Å². The predicted molar refractivity (Wildman–Crippen MR) is 107 cm³/mol. The molecule has 5 heteroatoms. The quantitative estimate of drug-likeness (QED) is 0.690. The number of ketones is 1. The van der Waals surface area contributed by atoms with Crippen molar-refractivity contribution in [2.45, 2.75) is 38.4 Å². The van der Waals surface area contributed by atoms with Crippen molar-refractivity contribution in [2.24, 2.45) is 16.2 Å². The number of fused-ring (bicyclic) bond motifs is 2. The highest BCUT2D eigenvalue weighted by Gasteiger charge is 2.77. The topological polar surface area (TPSA) is 40.6 Å². The summed E-state index contributed by atoms with van der Waals surface area (Å²) in [5.74, 6) is 0.386. The Morgan fingerprint density at radius 1 is 1.04 bits per heavy atom. The Kier molecular flexibility index (Phi) is 4.03. The molecule has 4 nitrogen and oxygen atoms in total. The second-order valence-electron chi connectivity index (χ2n) is 8.77. The lowest BCUT2D eigenvalue weighted by Crippen LogP contribution is -2.57. The van der Waals surface area contributed by atoms with E-state index in [4.69, 9.17) is 0 Å². The highest BCUT2D eigenvalue weighted by atomic mass is 79.9. The third-order valence-corrected chi connectivity index (χ3v) is 8.99. The molecule has 2 bridgehead atoms. The predicted octanol–water partition coefficient (Wildman–Crippen LogP) is 3.49. The highest BCUT2D eigenvalue weighted by Crippen LogP contribution is 2.72. The number of piperazine rings is 1. The molecule has 26 heavy (non-hydrogen) atoms. The number of anilines is 1. The summed E-state index contributed by atoms with van der Waals surface area (Å²) in [4.78, 5) is 30.5. The van der Waals surface area contributed by atoms with E-state index in [0.29, 0.717) is 0 Å². The van der Waals surface area contributed by atoms with Gasteiger partial charge in [-0.05, 0) is 30.4 Å². The van der Waals surface area contributed by atoms with Gasteiger partial charge in [-0.15, -0.1) is 0 Å². The van der Waals surface area contributed by atoms with Crippen molar-refractivity contribution < 1.29 is 9.59 Å². The van der Waals surface area contributed by atoms with Crippen LogP contribution >= 0.6 is 15.9 Å². The molecule has 0 radical (unpaired) electrons. The number of halogens is 1. The summed E-state index contributed by atoms with van der Waals surface area (Å²) in [5.41, 5.74) is -0.115. The molecule has 1 saturated heterocycles. The van der Waals surface area contributed by atoms with Crippen LogP contribution in [0.3, 0.4) is 0 Å². The van der Waals surface area contributed by atoms with E-state index in [1.54, 1.807) is 0 Å². The third kappa shape index (κ3) is 2.07. The van der Waals surface area contributed by atoms with E-state index in [9.17, 15) is 9.59 Å². The minimum absolute atomic E-state index is 0.173. The number of hydrogen-bond acceptors (Lipinski definition) is 3. The zero-order valence-electron chi connectivity index (χ0n) is 15.8. The van der Waals surface area contributed by atoms with Crippen LogP contribution in [0.4, 0.5) is 5.69 Å². The summed E-state index contributed by atoms with van der Waals surface area (Å²) in [6, 6.07) is 10.4. The van der Waals surface area contributed by atoms with Crippen molar-refractivity contribution in [3.63, 3.8) is 0 Å². The molecule has 140 valence electrons. The molecule has 0 spiro atoms. The minimum Gasteiger partial charge on any atom is -0.368 e. The SMILES string of the molecule is CC12CCC(C(=O)N3CCN(c4ccccc4)CC3)(C(Br)C1=O)C2(C)C. The number of benzene rings is 1. The first-order valence-corrected chi connectivity index (χ1v) is 10.4. The smallest absolute Gasteiger partial charge is 0.231 e. The summed E-state index contributed by atoms with van der Waals surface area (Å²) in [6.45, 7) is 9.41. The summed E-state index contributed by atoms with van der Waals surface area (Å²) in [7, 11) is 0. The minimum atomic E-state index is -0.603. The van der Waals surface area contributed by atoms with E-state index in [1.807, 2.05) is 23.1 Å². The van der Waals surface area contributed by atoms with E-state index in [1.165, 1.54) is 5.69 Å². The first-order chi connectivity index (χ1) is 12.3. The van der Waals surface area contributed by atoms with Crippen molar-refractivity contribution in [3.05, 3.63) is 30.3 Å². The average molecular weight is 419 g/mol. The summed E-state index contributed by atoms with van der Waals surface area (Å²) >= 11 is 3.64. The van der Waals surface area contributed by atoms with Gasteiger partial charge in [0.15, 0.2) is 5.78 Å². The number of para-hydroxylation sites is 1. The number of carbonyl (C=O) groups is 2. The van der Waals surface area contributed by atoms with Gasteiger partial charge in [0.1, 0.15) is 0 Å². The molecule has 3 atom stereocenters. The normalized spacial score (nSPS) is 35.8. The maximum atomic E-state index is 13.7. The van der Waals surface area contributed by atoms with Crippen LogP contribution in [0, 0.1) is 16.2 Å². The molecule has 1 aromatic rings. The largest absolute Gasteiger partial charge is 0.368 e. The number of rotatable bonds is 2. The number of hydrogen-bond donors (Lipinski definition) is 0. The molecule has 1 aromatic carbocycles. The standard InChI is InChI=1S/C21H27BrN2O2/c1-19(2)20(3)9-10-21(19,16(22)17(20)25)18(26)24-13-11-23(12-14-24)15-7-5-4-6-8-15/h4-8,16H,9-14H2,1-3H3. The second-order valence-corrected chi connectivity index (χ2v) is 9.69. The maximum absolute atomic E-state index is 13.7. The monoisotopic (exact) mass is 418 g/mol. The van der Waals surface area contributed by atoms with Crippen LogP contribution < -0.4 is 4.90 Å². The molecule has 0 N–H and O–H groups in total. The molecular weight excluding hydrogens is 392 g/mol. The van der Waals surface area contributed by atoms with Gasteiger partial charge >= 0.3 is 0 Å². The van der Waals surface area contributed by atoms with Gasteiger partial charge in [0.05, 0.1) is 10.2 Å². The zero-order valence-corrected chi connectivity index (χ0v) is 17.4. The zero-order chi connectivity index (χ0) is 18.7. The van der Waals surface area contributed by atoms with Gasteiger partial charge in [-0.25, -0.2) is 0 Å². The molecule has 4 rings (SSSR count). The van der Waals surface area contributed by atoms with Crippen molar-refractivity contribution in [3.8, 4) is 0 Å².